The highest BCUT2D eigenvalue weighted by Crippen LogP contribution is 2.18. The van der Waals surface area contributed by atoms with E-state index < -0.39 is 9.84 Å². The van der Waals surface area contributed by atoms with Gasteiger partial charge in [0.25, 0.3) is 5.91 Å². The molecule has 6 nitrogen and oxygen atoms in total. The molecule has 1 aromatic rings. The fourth-order valence-corrected chi connectivity index (χ4v) is 3.52. The number of hydrogen-bond donors (Lipinski definition) is 0. The summed E-state index contributed by atoms with van der Waals surface area (Å²) in [5.41, 5.74) is 0. The third-order valence-corrected chi connectivity index (χ3v) is 4.47. The van der Waals surface area contributed by atoms with Crippen LogP contribution < -0.4 is 0 Å². The van der Waals surface area contributed by atoms with E-state index in [1.807, 2.05) is 0 Å². The monoisotopic (exact) mass is 244 g/mol. The summed E-state index contributed by atoms with van der Waals surface area (Å²) in [4.78, 5) is 16.9. The Kier molecular flexibility index (Phi) is 2.71. The Bertz CT molecular complexity index is 480. The van der Waals surface area contributed by atoms with Crippen LogP contribution in [0.3, 0.4) is 0 Å². The maximum Gasteiger partial charge on any atom is 0.291 e. The average Bonchev–Trinajstić information content (AvgIpc) is 2.84. The molecule has 1 amide bonds. The molecule has 1 aliphatic rings. The fraction of sp³-hybridized carbons (Fsp3) is 0.556. The van der Waals surface area contributed by atoms with Crippen LogP contribution in [0, 0.1) is 0 Å². The molecule has 0 aromatic carbocycles. The zero-order valence-electron chi connectivity index (χ0n) is 8.79. The van der Waals surface area contributed by atoms with Crippen LogP contribution in [0.2, 0.25) is 0 Å². The molecule has 7 heteroatoms. The van der Waals surface area contributed by atoms with Crippen LogP contribution in [0.5, 0.6) is 0 Å². The quantitative estimate of drug-likeness (QED) is 0.727. The Morgan fingerprint density at radius 1 is 1.62 bits per heavy atom. The van der Waals surface area contributed by atoms with Crippen LogP contribution in [-0.4, -0.2) is 48.8 Å². The molecule has 0 aliphatic carbocycles. The summed E-state index contributed by atoms with van der Waals surface area (Å²) in [6, 6.07) is -0.261. The molecule has 0 bridgehead atoms. The van der Waals surface area contributed by atoms with Crippen molar-refractivity contribution in [3.8, 4) is 0 Å². The molecule has 16 heavy (non-hydrogen) atoms. The summed E-state index contributed by atoms with van der Waals surface area (Å²) in [7, 11) is -1.40. The lowest BCUT2D eigenvalue weighted by Gasteiger charge is -2.21. The highest BCUT2D eigenvalue weighted by Gasteiger charge is 2.33. The number of carbonyl (C=O) groups excluding carboxylic acids is 1. The summed E-state index contributed by atoms with van der Waals surface area (Å²) < 4.78 is 27.4. The van der Waals surface area contributed by atoms with Gasteiger partial charge in [-0.3, -0.25) is 4.79 Å². The molecule has 0 radical (unpaired) electrons. The van der Waals surface area contributed by atoms with Gasteiger partial charge in [0, 0.05) is 13.1 Å². The van der Waals surface area contributed by atoms with Crippen molar-refractivity contribution in [2.24, 2.45) is 0 Å². The first-order chi connectivity index (χ1) is 7.49. The first-order valence-corrected chi connectivity index (χ1v) is 6.68. The van der Waals surface area contributed by atoms with Crippen LogP contribution in [-0.2, 0) is 9.84 Å². The molecule has 0 spiro atoms. The molecule has 88 valence electrons. The van der Waals surface area contributed by atoms with Gasteiger partial charge < -0.3 is 9.32 Å². The van der Waals surface area contributed by atoms with Gasteiger partial charge >= 0.3 is 0 Å². The normalized spacial score (nSPS) is 23.2. The van der Waals surface area contributed by atoms with E-state index in [0.29, 0.717) is 6.42 Å². The van der Waals surface area contributed by atoms with E-state index in [9.17, 15) is 13.2 Å². The number of rotatable bonds is 2. The van der Waals surface area contributed by atoms with E-state index in [1.54, 1.807) is 7.05 Å². The minimum atomic E-state index is -2.98. The lowest BCUT2D eigenvalue weighted by molar-refractivity contribution is 0.0715. The second-order valence-electron chi connectivity index (χ2n) is 3.84. The van der Waals surface area contributed by atoms with Gasteiger partial charge in [0.05, 0.1) is 17.7 Å². The fourth-order valence-electron chi connectivity index (χ4n) is 1.74. The van der Waals surface area contributed by atoms with Gasteiger partial charge in [-0.15, -0.1) is 0 Å². The van der Waals surface area contributed by atoms with Crippen LogP contribution >= 0.6 is 0 Å². The van der Waals surface area contributed by atoms with E-state index in [2.05, 4.69) is 4.98 Å². The molecule has 1 saturated heterocycles. The Labute approximate surface area is 93.2 Å². The van der Waals surface area contributed by atoms with Crippen LogP contribution in [0.15, 0.2) is 17.0 Å². The van der Waals surface area contributed by atoms with Gasteiger partial charge in [-0.05, 0) is 6.42 Å². The predicted octanol–water partition coefficient (Wildman–Crippen LogP) is -0.0663. The minimum absolute atomic E-state index is 0.0311. The standard InChI is InChI=1S/C9H12N2O4S/c1-11(7-2-3-16(13,14)5-7)9(12)8-4-10-6-15-8/h4,6-7H,2-3,5H2,1H3. The van der Waals surface area contributed by atoms with Crippen LogP contribution in [0.4, 0.5) is 0 Å². The molecule has 2 rings (SSSR count). The van der Waals surface area contributed by atoms with Gasteiger partial charge in [-0.2, -0.15) is 0 Å². The van der Waals surface area contributed by atoms with E-state index in [4.69, 9.17) is 4.42 Å². The molecular formula is C9H12N2O4S. The van der Waals surface area contributed by atoms with Crippen molar-refractivity contribution in [1.82, 2.24) is 9.88 Å². The maximum atomic E-state index is 11.8. The van der Waals surface area contributed by atoms with Gasteiger partial charge in [0.1, 0.15) is 0 Å². The third-order valence-electron chi connectivity index (χ3n) is 2.72. The van der Waals surface area contributed by atoms with Crippen LogP contribution in [0.1, 0.15) is 17.0 Å². The Morgan fingerprint density at radius 3 is 2.88 bits per heavy atom. The zero-order valence-corrected chi connectivity index (χ0v) is 9.61. The average molecular weight is 244 g/mol. The van der Waals surface area contributed by atoms with Crippen molar-refractivity contribution in [1.29, 1.82) is 0 Å². The molecule has 0 saturated carbocycles. The SMILES string of the molecule is CN(C(=O)c1cnco1)C1CCS(=O)(=O)C1. The number of sulfone groups is 1. The first-order valence-electron chi connectivity index (χ1n) is 4.86. The number of oxazole rings is 1. The topological polar surface area (TPSA) is 80.5 Å². The van der Waals surface area contributed by atoms with Gasteiger partial charge in [0.15, 0.2) is 16.2 Å². The van der Waals surface area contributed by atoms with E-state index >= 15 is 0 Å². The lowest BCUT2D eigenvalue weighted by Crippen LogP contribution is -2.37. The Morgan fingerprint density at radius 2 is 2.38 bits per heavy atom. The van der Waals surface area contributed by atoms with E-state index in [1.165, 1.54) is 17.5 Å². The number of amides is 1. The van der Waals surface area contributed by atoms with Crippen molar-refractivity contribution >= 4 is 15.7 Å². The van der Waals surface area contributed by atoms with Gasteiger partial charge in [-0.25, -0.2) is 13.4 Å². The summed E-state index contributed by atoms with van der Waals surface area (Å²) in [6.07, 6.45) is 2.98. The van der Waals surface area contributed by atoms with Gasteiger partial charge in [0.2, 0.25) is 5.76 Å². The van der Waals surface area contributed by atoms with Gasteiger partial charge in [-0.1, -0.05) is 0 Å². The van der Waals surface area contributed by atoms with Crippen molar-refractivity contribution < 1.29 is 17.6 Å². The minimum Gasteiger partial charge on any atom is -0.438 e. The van der Waals surface area contributed by atoms with Crippen LogP contribution in [0.25, 0.3) is 0 Å². The molecule has 1 atom stereocenters. The number of hydrogen-bond acceptors (Lipinski definition) is 5. The third kappa shape index (κ3) is 2.08. The Hall–Kier alpha value is -1.37. The van der Waals surface area contributed by atoms with Crippen molar-refractivity contribution in [3.63, 3.8) is 0 Å². The molecule has 1 fully saturated rings. The number of nitrogens with zero attached hydrogens (tertiary/aromatic N) is 2. The molecule has 1 aromatic heterocycles. The highest BCUT2D eigenvalue weighted by molar-refractivity contribution is 7.91. The summed E-state index contributed by atoms with van der Waals surface area (Å²) >= 11 is 0. The predicted molar refractivity (Wildman–Crippen MR) is 55.7 cm³/mol. The maximum absolute atomic E-state index is 11.8. The van der Waals surface area contributed by atoms with E-state index in [0.717, 1.165) is 0 Å². The first kappa shape index (κ1) is 11.1. The smallest absolute Gasteiger partial charge is 0.291 e. The van der Waals surface area contributed by atoms with Crippen molar-refractivity contribution in [2.75, 3.05) is 18.6 Å². The number of aromatic nitrogens is 1. The van der Waals surface area contributed by atoms with Crippen molar-refractivity contribution in [3.05, 3.63) is 18.4 Å². The number of carbonyl (C=O) groups is 1. The highest BCUT2D eigenvalue weighted by atomic mass is 32.2. The molecule has 2 heterocycles. The molecular weight excluding hydrogens is 232 g/mol. The largest absolute Gasteiger partial charge is 0.438 e. The molecule has 0 N–H and O–H groups in total. The van der Waals surface area contributed by atoms with Crippen molar-refractivity contribution in [2.45, 2.75) is 12.5 Å². The lowest BCUT2D eigenvalue weighted by atomic mass is 10.2. The second kappa shape index (κ2) is 3.89. The molecule has 1 unspecified atom stereocenters. The summed E-state index contributed by atoms with van der Waals surface area (Å²) in [5, 5.41) is 0. The Balaban J connectivity index is 2.09. The molecule has 1 aliphatic heterocycles. The summed E-state index contributed by atoms with van der Waals surface area (Å²) in [6.45, 7) is 0. The van der Waals surface area contributed by atoms with E-state index in [-0.39, 0.29) is 29.2 Å². The zero-order chi connectivity index (χ0) is 11.8. The second-order valence-corrected chi connectivity index (χ2v) is 6.07. The summed E-state index contributed by atoms with van der Waals surface area (Å²) in [5.74, 6) is -0.0267.